The fraction of sp³-hybridized carbons (Fsp3) is 0.278. The van der Waals surface area contributed by atoms with Crippen LogP contribution in [0, 0.1) is 0 Å². The molecule has 0 atom stereocenters. The highest BCUT2D eigenvalue weighted by molar-refractivity contribution is 5.96. The molecule has 0 radical (unpaired) electrons. The molecular formula is C18H16F3NO. The van der Waals surface area contributed by atoms with Gasteiger partial charge in [-0.3, -0.25) is 4.79 Å². The third kappa shape index (κ3) is 3.38. The lowest BCUT2D eigenvalue weighted by Gasteiger charge is -2.30. The molecular weight excluding hydrogens is 303 g/mol. The molecule has 0 N–H and O–H groups in total. The van der Waals surface area contributed by atoms with Gasteiger partial charge in [0.05, 0.1) is 5.56 Å². The van der Waals surface area contributed by atoms with Crippen LogP contribution in [0.15, 0.2) is 48.5 Å². The zero-order valence-corrected chi connectivity index (χ0v) is 12.4. The van der Waals surface area contributed by atoms with Gasteiger partial charge in [-0.25, -0.2) is 0 Å². The van der Waals surface area contributed by atoms with E-state index < -0.39 is 11.7 Å². The Hall–Kier alpha value is -2.30. The van der Waals surface area contributed by atoms with Gasteiger partial charge >= 0.3 is 6.18 Å². The van der Waals surface area contributed by atoms with E-state index in [1.165, 1.54) is 11.0 Å². The molecule has 1 aliphatic heterocycles. The molecule has 0 spiro atoms. The summed E-state index contributed by atoms with van der Waals surface area (Å²) in [6.07, 6.45) is -2.95. The Morgan fingerprint density at radius 1 is 1.00 bits per heavy atom. The first kappa shape index (κ1) is 15.6. The lowest BCUT2D eigenvalue weighted by atomic mass is 9.98. The zero-order chi connectivity index (χ0) is 16.4. The van der Waals surface area contributed by atoms with Crippen molar-refractivity contribution in [2.45, 2.75) is 25.4 Å². The number of halogens is 3. The van der Waals surface area contributed by atoms with E-state index in [1.54, 1.807) is 0 Å². The van der Waals surface area contributed by atoms with Crippen molar-refractivity contribution in [3.8, 4) is 0 Å². The summed E-state index contributed by atoms with van der Waals surface area (Å²) in [4.78, 5) is 13.7. The molecule has 0 bridgehead atoms. The van der Waals surface area contributed by atoms with Gasteiger partial charge in [-0.05, 0) is 36.1 Å². The second-order valence-corrected chi connectivity index (χ2v) is 5.62. The van der Waals surface area contributed by atoms with E-state index in [0.717, 1.165) is 23.3 Å². The molecule has 3 rings (SSSR count). The number of benzene rings is 2. The predicted octanol–water partition coefficient (Wildman–Crippen LogP) is 4.23. The van der Waals surface area contributed by atoms with Crippen molar-refractivity contribution in [3.05, 3.63) is 65.2 Å². The summed E-state index contributed by atoms with van der Waals surface area (Å²) in [7, 11) is 0. The lowest BCUT2D eigenvalue weighted by molar-refractivity contribution is -0.137. The number of hydrogen-bond donors (Lipinski definition) is 0. The highest BCUT2D eigenvalue weighted by Crippen LogP contribution is 2.36. The van der Waals surface area contributed by atoms with Crippen molar-refractivity contribution < 1.29 is 18.0 Å². The number of nitrogens with zero attached hydrogens (tertiary/aromatic N) is 1. The minimum absolute atomic E-state index is 0.118. The van der Waals surface area contributed by atoms with Crippen LogP contribution in [0.2, 0.25) is 0 Å². The Balaban J connectivity index is 1.88. The first-order chi connectivity index (χ1) is 10.9. The fourth-order valence-electron chi connectivity index (χ4n) is 2.84. The molecule has 0 saturated carbocycles. The van der Waals surface area contributed by atoms with E-state index in [1.807, 2.05) is 30.3 Å². The van der Waals surface area contributed by atoms with E-state index in [0.29, 0.717) is 31.5 Å². The normalized spacial score (nSPS) is 14.7. The SMILES string of the molecule is O=C1CCc2ccc(C(F)(F)F)cc2N1CCc1ccccc1. The molecule has 1 amide bonds. The Bertz CT molecular complexity index is 710. The smallest absolute Gasteiger partial charge is 0.312 e. The molecule has 0 aromatic heterocycles. The van der Waals surface area contributed by atoms with E-state index in [4.69, 9.17) is 0 Å². The van der Waals surface area contributed by atoms with Crippen LogP contribution in [0.3, 0.4) is 0 Å². The fourth-order valence-corrected chi connectivity index (χ4v) is 2.84. The average Bonchev–Trinajstić information content (AvgIpc) is 2.53. The number of amides is 1. The second kappa shape index (κ2) is 6.07. The minimum Gasteiger partial charge on any atom is -0.312 e. The highest BCUT2D eigenvalue weighted by atomic mass is 19.4. The Labute approximate surface area is 132 Å². The molecule has 0 fully saturated rings. The first-order valence-electron chi connectivity index (χ1n) is 7.49. The summed E-state index contributed by atoms with van der Waals surface area (Å²) in [6.45, 7) is 0.386. The Kier molecular flexibility index (Phi) is 4.11. The molecule has 1 aliphatic rings. The number of carbonyl (C=O) groups is 1. The van der Waals surface area contributed by atoms with Gasteiger partial charge in [-0.2, -0.15) is 13.2 Å². The maximum Gasteiger partial charge on any atom is 0.416 e. The van der Waals surface area contributed by atoms with Crippen LogP contribution in [0.4, 0.5) is 18.9 Å². The summed E-state index contributed by atoms with van der Waals surface area (Å²) in [5.74, 6) is -0.118. The van der Waals surface area contributed by atoms with Crippen LogP contribution in [-0.2, 0) is 23.8 Å². The van der Waals surface area contributed by atoms with Gasteiger partial charge in [0.15, 0.2) is 0 Å². The molecule has 0 unspecified atom stereocenters. The maximum absolute atomic E-state index is 12.9. The van der Waals surface area contributed by atoms with Gasteiger partial charge in [-0.1, -0.05) is 36.4 Å². The molecule has 1 heterocycles. The molecule has 0 aliphatic carbocycles. The number of alkyl halides is 3. The van der Waals surface area contributed by atoms with E-state index >= 15 is 0 Å². The number of aryl methyl sites for hydroxylation is 1. The number of rotatable bonds is 3. The van der Waals surface area contributed by atoms with Crippen molar-refractivity contribution in [2.75, 3.05) is 11.4 Å². The van der Waals surface area contributed by atoms with E-state index in [9.17, 15) is 18.0 Å². The summed E-state index contributed by atoms with van der Waals surface area (Å²) in [5.41, 5.74) is 1.53. The van der Waals surface area contributed by atoms with E-state index in [2.05, 4.69) is 0 Å². The number of carbonyl (C=O) groups excluding carboxylic acids is 1. The maximum atomic E-state index is 12.9. The van der Waals surface area contributed by atoms with Crippen LogP contribution >= 0.6 is 0 Å². The second-order valence-electron chi connectivity index (χ2n) is 5.62. The largest absolute Gasteiger partial charge is 0.416 e. The Morgan fingerprint density at radius 2 is 1.74 bits per heavy atom. The minimum atomic E-state index is -4.40. The predicted molar refractivity (Wildman–Crippen MR) is 82.3 cm³/mol. The standard InChI is InChI=1S/C18H16F3NO/c19-18(20,21)15-8-6-14-7-9-17(23)22(16(14)12-15)11-10-13-4-2-1-3-5-13/h1-6,8,12H,7,9-11H2. The van der Waals surface area contributed by atoms with Gasteiger partial charge in [0.2, 0.25) is 5.91 Å². The molecule has 120 valence electrons. The van der Waals surface area contributed by atoms with E-state index in [-0.39, 0.29) is 5.91 Å². The summed E-state index contributed by atoms with van der Waals surface area (Å²) in [5, 5.41) is 0. The molecule has 2 nitrogen and oxygen atoms in total. The molecule has 2 aromatic carbocycles. The lowest BCUT2D eigenvalue weighted by Crippen LogP contribution is -2.37. The van der Waals surface area contributed by atoms with Crippen LogP contribution in [0.1, 0.15) is 23.1 Å². The summed E-state index contributed by atoms with van der Waals surface area (Å²) in [6, 6.07) is 13.3. The molecule has 23 heavy (non-hydrogen) atoms. The third-order valence-electron chi connectivity index (χ3n) is 4.08. The summed E-state index contributed by atoms with van der Waals surface area (Å²) >= 11 is 0. The Morgan fingerprint density at radius 3 is 2.43 bits per heavy atom. The van der Waals surface area contributed by atoms with Gasteiger partial charge < -0.3 is 4.90 Å². The summed E-state index contributed by atoms with van der Waals surface area (Å²) < 4.78 is 38.8. The van der Waals surface area contributed by atoms with Gasteiger partial charge in [-0.15, -0.1) is 0 Å². The van der Waals surface area contributed by atoms with Crippen LogP contribution in [0.5, 0.6) is 0 Å². The van der Waals surface area contributed by atoms with Crippen molar-refractivity contribution in [1.29, 1.82) is 0 Å². The van der Waals surface area contributed by atoms with Crippen molar-refractivity contribution in [1.82, 2.24) is 0 Å². The highest BCUT2D eigenvalue weighted by Gasteiger charge is 2.33. The topological polar surface area (TPSA) is 20.3 Å². The van der Waals surface area contributed by atoms with Gasteiger partial charge in [0, 0.05) is 18.7 Å². The first-order valence-corrected chi connectivity index (χ1v) is 7.49. The van der Waals surface area contributed by atoms with Crippen molar-refractivity contribution in [2.24, 2.45) is 0 Å². The van der Waals surface area contributed by atoms with Crippen LogP contribution in [0.25, 0.3) is 0 Å². The number of fused-ring (bicyclic) bond motifs is 1. The average molecular weight is 319 g/mol. The molecule has 0 saturated heterocycles. The van der Waals surface area contributed by atoms with Gasteiger partial charge in [0.25, 0.3) is 0 Å². The zero-order valence-electron chi connectivity index (χ0n) is 12.4. The van der Waals surface area contributed by atoms with Gasteiger partial charge in [0.1, 0.15) is 0 Å². The van der Waals surface area contributed by atoms with Crippen molar-refractivity contribution >= 4 is 11.6 Å². The van der Waals surface area contributed by atoms with Crippen LogP contribution in [-0.4, -0.2) is 12.5 Å². The quantitative estimate of drug-likeness (QED) is 0.829. The van der Waals surface area contributed by atoms with Crippen LogP contribution < -0.4 is 4.90 Å². The molecule has 5 heteroatoms. The number of anilines is 1. The number of hydrogen-bond acceptors (Lipinski definition) is 1. The van der Waals surface area contributed by atoms with Crippen molar-refractivity contribution in [3.63, 3.8) is 0 Å². The third-order valence-corrected chi connectivity index (χ3v) is 4.08. The molecule has 2 aromatic rings. The monoisotopic (exact) mass is 319 g/mol.